The van der Waals surface area contributed by atoms with Crippen molar-refractivity contribution in [2.24, 2.45) is 16.6 Å². The van der Waals surface area contributed by atoms with Crippen LogP contribution in [-0.4, -0.2) is 0 Å². The Morgan fingerprint density at radius 1 is 1.06 bits per heavy atom. The summed E-state index contributed by atoms with van der Waals surface area (Å²) in [6, 6.07) is 0. The Balaban J connectivity index is 3.34. The lowest BCUT2D eigenvalue weighted by atomic mass is 9.77. The van der Waals surface area contributed by atoms with Crippen LogP contribution in [0.1, 0.15) is 34.6 Å². The maximum absolute atomic E-state index is 6.14. The van der Waals surface area contributed by atoms with Gasteiger partial charge in [0.25, 0.3) is 0 Å². The van der Waals surface area contributed by atoms with Crippen molar-refractivity contribution in [3.8, 4) is 0 Å². The summed E-state index contributed by atoms with van der Waals surface area (Å²) in [5, 5.41) is 0. The minimum absolute atomic E-state index is 0.0153. The average molecular weight is 217 g/mol. The Morgan fingerprint density at radius 3 is 2.25 bits per heavy atom. The Labute approximate surface area is 99.4 Å². The minimum Gasteiger partial charge on any atom is -0.398 e. The van der Waals surface area contributed by atoms with Crippen LogP contribution < -0.4 is 5.73 Å². The first-order valence-electron chi connectivity index (χ1n) is 5.81. The molecule has 0 aromatic heterocycles. The van der Waals surface area contributed by atoms with Crippen molar-refractivity contribution in [2.75, 3.05) is 0 Å². The molecule has 0 unspecified atom stereocenters. The van der Waals surface area contributed by atoms with E-state index in [0.29, 0.717) is 0 Å². The van der Waals surface area contributed by atoms with Crippen LogP contribution in [0.5, 0.6) is 0 Å². The van der Waals surface area contributed by atoms with Crippen LogP contribution in [0, 0.1) is 10.8 Å². The Bertz CT molecular complexity index is 376. The fraction of sp³-hybridized carbons (Fsp3) is 0.467. The van der Waals surface area contributed by atoms with Crippen molar-refractivity contribution in [3.05, 3.63) is 47.7 Å². The first-order chi connectivity index (χ1) is 7.28. The molecule has 0 saturated carbocycles. The molecule has 0 heterocycles. The highest BCUT2D eigenvalue weighted by atomic mass is 14.6. The molecule has 0 saturated heterocycles. The molecule has 88 valence electrons. The summed E-state index contributed by atoms with van der Waals surface area (Å²) in [4.78, 5) is 0. The van der Waals surface area contributed by atoms with Gasteiger partial charge in [-0.25, -0.2) is 0 Å². The smallest absolute Gasteiger partial charge is 0.0352 e. The van der Waals surface area contributed by atoms with Crippen LogP contribution in [0.25, 0.3) is 0 Å². The lowest BCUT2D eigenvalue weighted by molar-refractivity contribution is 0.554. The highest BCUT2D eigenvalue weighted by Gasteiger charge is 2.23. The van der Waals surface area contributed by atoms with Crippen LogP contribution in [-0.2, 0) is 0 Å². The van der Waals surface area contributed by atoms with Gasteiger partial charge < -0.3 is 5.73 Å². The van der Waals surface area contributed by atoms with Crippen LogP contribution in [0.4, 0.5) is 0 Å². The molecule has 1 aliphatic rings. The molecule has 0 amide bonds. The van der Waals surface area contributed by atoms with E-state index in [0.717, 1.165) is 5.70 Å². The third-order valence-electron chi connectivity index (χ3n) is 2.96. The van der Waals surface area contributed by atoms with E-state index in [-0.39, 0.29) is 10.8 Å². The van der Waals surface area contributed by atoms with Crippen molar-refractivity contribution >= 4 is 0 Å². The second kappa shape index (κ2) is 4.32. The molecule has 2 N–H and O–H groups in total. The summed E-state index contributed by atoms with van der Waals surface area (Å²) in [5.41, 5.74) is 8.24. The van der Waals surface area contributed by atoms with Gasteiger partial charge in [-0.05, 0) is 18.6 Å². The zero-order valence-electron chi connectivity index (χ0n) is 11.0. The summed E-state index contributed by atoms with van der Waals surface area (Å²) in [6.45, 7) is 10.8. The molecule has 0 spiro atoms. The summed E-state index contributed by atoms with van der Waals surface area (Å²) in [7, 11) is 0. The molecule has 1 rings (SSSR count). The molecule has 0 bridgehead atoms. The number of nitrogens with two attached hydrogens (primary N) is 1. The van der Waals surface area contributed by atoms with Gasteiger partial charge in [0.2, 0.25) is 0 Å². The van der Waals surface area contributed by atoms with E-state index in [9.17, 15) is 0 Å². The Morgan fingerprint density at radius 2 is 1.69 bits per heavy atom. The predicted molar refractivity (Wildman–Crippen MR) is 71.9 cm³/mol. The van der Waals surface area contributed by atoms with Crippen LogP contribution in [0.15, 0.2) is 47.7 Å². The molecule has 1 nitrogen and oxygen atoms in total. The summed E-state index contributed by atoms with van der Waals surface area (Å²) in [5.74, 6) is 0. The predicted octanol–water partition coefficient (Wildman–Crippen LogP) is 3.95. The van der Waals surface area contributed by atoms with E-state index in [4.69, 9.17) is 5.73 Å². The molecule has 0 aromatic carbocycles. The molecule has 16 heavy (non-hydrogen) atoms. The number of hydrogen-bond donors (Lipinski definition) is 1. The zero-order valence-corrected chi connectivity index (χ0v) is 11.0. The van der Waals surface area contributed by atoms with Crippen molar-refractivity contribution < 1.29 is 0 Å². The van der Waals surface area contributed by atoms with E-state index in [1.54, 1.807) is 0 Å². The zero-order chi connectivity index (χ0) is 12.4. The topological polar surface area (TPSA) is 26.0 Å². The molecule has 1 heteroatoms. The van der Waals surface area contributed by atoms with Crippen LogP contribution >= 0.6 is 0 Å². The van der Waals surface area contributed by atoms with Crippen LogP contribution in [0.2, 0.25) is 0 Å². The summed E-state index contributed by atoms with van der Waals surface area (Å²) < 4.78 is 0. The maximum Gasteiger partial charge on any atom is 0.0352 e. The third kappa shape index (κ3) is 2.88. The molecule has 1 aliphatic carbocycles. The van der Waals surface area contributed by atoms with Crippen LogP contribution in [0.3, 0.4) is 0 Å². The summed E-state index contributed by atoms with van der Waals surface area (Å²) in [6.07, 6.45) is 12.8. The van der Waals surface area contributed by atoms with E-state index >= 15 is 0 Å². The first kappa shape index (κ1) is 12.8. The highest BCUT2D eigenvalue weighted by molar-refractivity contribution is 5.40. The van der Waals surface area contributed by atoms with Gasteiger partial charge in [-0.1, -0.05) is 58.1 Å². The van der Waals surface area contributed by atoms with Crippen molar-refractivity contribution in [1.29, 1.82) is 0 Å². The molecule has 0 aliphatic heterocycles. The van der Waals surface area contributed by atoms with Gasteiger partial charge in [-0.15, -0.1) is 0 Å². The van der Waals surface area contributed by atoms with Gasteiger partial charge in [0.05, 0.1) is 0 Å². The minimum atomic E-state index is -0.0153. The molecular weight excluding hydrogens is 194 g/mol. The Kier molecular flexibility index (Phi) is 3.47. The van der Waals surface area contributed by atoms with Gasteiger partial charge in [0.1, 0.15) is 0 Å². The number of rotatable bonds is 1. The Hall–Kier alpha value is -1.24. The number of allylic oxidation sites excluding steroid dienone is 7. The lowest BCUT2D eigenvalue weighted by Crippen LogP contribution is -2.18. The molecule has 0 radical (unpaired) electrons. The second-order valence-corrected chi connectivity index (χ2v) is 5.58. The summed E-state index contributed by atoms with van der Waals surface area (Å²) >= 11 is 0. The van der Waals surface area contributed by atoms with Crippen molar-refractivity contribution in [2.45, 2.75) is 34.6 Å². The lowest BCUT2D eigenvalue weighted by Gasteiger charge is -2.28. The SMILES string of the molecule is C\C=C/C1=C(N)/C=C\C(C)(C)/C=C\C1(C)C. The first-order valence-corrected chi connectivity index (χ1v) is 5.81. The van der Waals surface area contributed by atoms with E-state index in [2.05, 4.69) is 52.0 Å². The quantitative estimate of drug-likeness (QED) is 0.661. The number of hydrogen-bond acceptors (Lipinski definition) is 1. The van der Waals surface area contributed by atoms with Gasteiger partial charge >= 0.3 is 0 Å². The third-order valence-corrected chi connectivity index (χ3v) is 2.96. The van der Waals surface area contributed by atoms with E-state index < -0.39 is 0 Å². The van der Waals surface area contributed by atoms with E-state index in [1.165, 1.54) is 5.57 Å². The van der Waals surface area contributed by atoms with Gasteiger partial charge in [-0.2, -0.15) is 0 Å². The van der Waals surface area contributed by atoms with Gasteiger partial charge in [-0.3, -0.25) is 0 Å². The molecule has 0 fully saturated rings. The van der Waals surface area contributed by atoms with Crippen molar-refractivity contribution in [1.82, 2.24) is 0 Å². The largest absolute Gasteiger partial charge is 0.398 e. The average Bonchev–Trinajstić information content (AvgIpc) is 2.19. The van der Waals surface area contributed by atoms with Gasteiger partial charge in [0, 0.05) is 16.5 Å². The van der Waals surface area contributed by atoms with E-state index in [1.807, 2.05) is 19.1 Å². The second-order valence-electron chi connectivity index (χ2n) is 5.58. The molecular formula is C15H23N. The fourth-order valence-electron chi connectivity index (χ4n) is 1.81. The highest BCUT2D eigenvalue weighted by Crippen LogP contribution is 2.35. The monoisotopic (exact) mass is 217 g/mol. The fourth-order valence-corrected chi connectivity index (χ4v) is 1.81. The standard InChI is InChI=1S/C15H23N/c1-6-7-12-13(16)8-9-14(2,3)10-11-15(12,4)5/h6-11H,16H2,1-5H3/b7-6-,9-8-,11-10-,13-12+. The normalized spacial score (nSPS) is 32.1. The van der Waals surface area contributed by atoms with Gasteiger partial charge in [0.15, 0.2) is 0 Å². The van der Waals surface area contributed by atoms with Crippen molar-refractivity contribution in [3.63, 3.8) is 0 Å². The molecule has 0 atom stereocenters. The maximum atomic E-state index is 6.14. The molecule has 0 aromatic rings.